The van der Waals surface area contributed by atoms with E-state index in [1.54, 1.807) is 0 Å². The maximum atomic E-state index is 10.3. The molecule has 3 heteroatoms. The minimum atomic E-state index is -1.00. The van der Waals surface area contributed by atoms with Gasteiger partial charge in [0.1, 0.15) is 6.61 Å². The van der Waals surface area contributed by atoms with E-state index in [1.165, 1.54) is 0 Å². The van der Waals surface area contributed by atoms with Crippen LogP contribution in [0.4, 0.5) is 5.69 Å². The molecule has 0 amide bonds. The smallest absolute Gasteiger partial charge is 0.293 e. The van der Waals surface area contributed by atoms with Crippen LogP contribution in [-0.2, 0) is 16.1 Å². The summed E-state index contributed by atoms with van der Waals surface area (Å²) in [5.74, 6) is 0. The third-order valence-electron chi connectivity index (χ3n) is 1.77. The van der Waals surface area contributed by atoms with E-state index in [1.807, 2.05) is 24.3 Å². The summed E-state index contributed by atoms with van der Waals surface area (Å²) < 4.78 is 11.2. The molecular weight excluding hydrogens is 190 g/mol. The second kappa shape index (κ2) is 4.82. The summed E-state index contributed by atoms with van der Waals surface area (Å²) in [5.41, 5.74) is 1.92. The van der Waals surface area contributed by atoms with Crippen molar-refractivity contribution in [3.63, 3.8) is 0 Å². The Balaban J connectivity index is 2.57. The Kier molecular flexibility index (Phi) is 3.22. The third kappa shape index (κ3) is 4.49. The highest BCUT2D eigenvalue weighted by atomic mass is 16.5. The lowest BCUT2D eigenvalue weighted by Crippen LogP contribution is -2.25. The molecule has 3 nitrogen and oxygen atoms in total. The molecular formula is C12H17NO2. The van der Waals surface area contributed by atoms with E-state index in [4.69, 9.17) is 1.37 Å². The molecule has 0 atom stereocenters. The molecule has 0 saturated carbocycles. The minimum Gasteiger partial charge on any atom is -0.463 e. The topological polar surface area (TPSA) is 38.3 Å². The van der Waals surface area contributed by atoms with Gasteiger partial charge in [-0.3, -0.25) is 4.79 Å². The molecule has 0 bridgehead atoms. The molecule has 1 rings (SSSR count). The molecule has 1 aromatic rings. The number of hydrogen-bond donors (Lipinski definition) is 1. The van der Waals surface area contributed by atoms with Crippen molar-refractivity contribution in [1.82, 2.24) is 0 Å². The van der Waals surface area contributed by atoms with Gasteiger partial charge in [-0.05, 0) is 38.5 Å². The first-order valence-corrected chi connectivity index (χ1v) is 4.87. The second-order valence-corrected chi connectivity index (χ2v) is 4.44. The van der Waals surface area contributed by atoms with Crippen molar-refractivity contribution in [1.29, 1.82) is 0 Å². The number of nitrogens with one attached hydrogen (secondary N) is 1. The number of hydrogen-bond acceptors (Lipinski definition) is 3. The number of ether oxygens (including phenoxy) is 1. The van der Waals surface area contributed by atoms with Gasteiger partial charge in [0, 0.05) is 11.2 Å². The Bertz CT molecular complexity index is 354. The molecule has 1 aromatic carbocycles. The van der Waals surface area contributed by atoms with Crippen LogP contribution in [0.5, 0.6) is 0 Å². The highest BCUT2D eigenvalue weighted by Gasteiger charge is 2.08. The number of benzene rings is 1. The van der Waals surface area contributed by atoms with Crippen LogP contribution in [0, 0.1) is 0 Å². The van der Waals surface area contributed by atoms with Crippen LogP contribution in [0.15, 0.2) is 24.3 Å². The maximum Gasteiger partial charge on any atom is 0.293 e. The monoisotopic (exact) mass is 208 g/mol. The van der Waals surface area contributed by atoms with Gasteiger partial charge in [0.25, 0.3) is 6.45 Å². The summed E-state index contributed by atoms with van der Waals surface area (Å²) in [5, 5.41) is 3.33. The van der Waals surface area contributed by atoms with Crippen molar-refractivity contribution in [3.8, 4) is 0 Å². The van der Waals surface area contributed by atoms with Crippen LogP contribution in [0.25, 0.3) is 0 Å². The van der Waals surface area contributed by atoms with Gasteiger partial charge >= 0.3 is 0 Å². The Morgan fingerprint density at radius 3 is 2.47 bits per heavy atom. The van der Waals surface area contributed by atoms with Crippen LogP contribution in [0.1, 0.15) is 27.7 Å². The van der Waals surface area contributed by atoms with E-state index in [0.717, 1.165) is 11.3 Å². The first kappa shape index (κ1) is 10.0. The highest BCUT2D eigenvalue weighted by Crippen LogP contribution is 2.15. The standard InChI is InChI=1S/C12H17NO2/c1-12(2,3)13-11-6-4-10(5-7-11)8-15-9-14/h4-7,9,13H,8H2,1-3H3/i9D. The fourth-order valence-electron chi connectivity index (χ4n) is 1.23. The van der Waals surface area contributed by atoms with Gasteiger partial charge in [0.05, 0.1) is 0 Å². The molecule has 0 heterocycles. The highest BCUT2D eigenvalue weighted by molar-refractivity contribution is 5.46. The molecule has 15 heavy (non-hydrogen) atoms. The lowest BCUT2D eigenvalue weighted by molar-refractivity contribution is -0.129. The molecule has 0 spiro atoms. The van der Waals surface area contributed by atoms with Gasteiger partial charge in [-0.2, -0.15) is 0 Å². The number of rotatable bonds is 3. The molecule has 82 valence electrons. The van der Waals surface area contributed by atoms with Crippen LogP contribution >= 0.6 is 0 Å². The first-order valence-electron chi connectivity index (χ1n) is 5.37. The van der Waals surface area contributed by atoms with Crippen molar-refractivity contribution in [2.45, 2.75) is 32.9 Å². The lowest BCUT2D eigenvalue weighted by atomic mass is 10.1. The zero-order valence-electron chi connectivity index (χ0n) is 10.3. The molecule has 0 aliphatic rings. The molecule has 0 saturated heterocycles. The van der Waals surface area contributed by atoms with Gasteiger partial charge < -0.3 is 10.1 Å². The van der Waals surface area contributed by atoms with Crippen LogP contribution in [0.2, 0.25) is 0 Å². The van der Waals surface area contributed by atoms with E-state index in [9.17, 15) is 4.79 Å². The van der Waals surface area contributed by atoms with Gasteiger partial charge in [0.15, 0.2) is 1.37 Å². The Hall–Kier alpha value is -1.51. The first-order chi connectivity index (χ1) is 7.37. The van der Waals surface area contributed by atoms with Crippen LogP contribution < -0.4 is 5.32 Å². The summed E-state index contributed by atoms with van der Waals surface area (Å²) in [6.45, 7) is 6.41. The molecule has 0 fully saturated rings. The lowest BCUT2D eigenvalue weighted by Gasteiger charge is -2.22. The van der Waals surface area contributed by atoms with Crippen molar-refractivity contribution in [2.24, 2.45) is 0 Å². The number of carbonyl (C=O) groups excluding carboxylic acids is 1. The fraction of sp³-hybridized carbons (Fsp3) is 0.417. The van der Waals surface area contributed by atoms with Gasteiger partial charge in [-0.15, -0.1) is 0 Å². The molecule has 0 radical (unpaired) electrons. The quantitative estimate of drug-likeness (QED) is 0.776. The van der Waals surface area contributed by atoms with E-state index in [2.05, 4.69) is 30.8 Å². The normalized spacial score (nSPS) is 11.8. The predicted molar refractivity (Wildman–Crippen MR) is 60.7 cm³/mol. The third-order valence-corrected chi connectivity index (χ3v) is 1.77. The second-order valence-electron chi connectivity index (χ2n) is 4.44. The minimum absolute atomic E-state index is 0.0230. The summed E-state index contributed by atoms with van der Waals surface area (Å²) in [6.07, 6.45) is -1.00. The van der Waals surface area contributed by atoms with E-state index in [-0.39, 0.29) is 12.1 Å². The van der Waals surface area contributed by atoms with Crippen molar-refractivity contribution in [3.05, 3.63) is 29.8 Å². The average Bonchev–Trinajstić information content (AvgIpc) is 2.14. The fourth-order valence-corrected chi connectivity index (χ4v) is 1.23. The zero-order chi connectivity index (χ0) is 12.2. The molecule has 0 aliphatic carbocycles. The van der Waals surface area contributed by atoms with E-state index >= 15 is 0 Å². The largest absolute Gasteiger partial charge is 0.463 e. The van der Waals surface area contributed by atoms with Crippen LogP contribution in [0.3, 0.4) is 0 Å². The Labute approximate surface area is 91.9 Å². The Morgan fingerprint density at radius 2 is 2.00 bits per heavy atom. The molecule has 0 aliphatic heterocycles. The number of anilines is 1. The van der Waals surface area contributed by atoms with E-state index < -0.39 is 6.45 Å². The molecule has 0 unspecified atom stereocenters. The van der Waals surface area contributed by atoms with E-state index in [0.29, 0.717) is 0 Å². The molecule has 1 N–H and O–H groups in total. The Morgan fingerprint density at radius 1 is 1.40 bits per heavy atom. The average molecular weight is 208 g/mol. The van der Waals surface area contributed by atoms with Gasteiger partial charge in [0.2, 0.25) is 0 Å². The van der Waals surface area contributed by atoms with Crippen molar-refractivity contribution in [2.75, 3.05) is 5.32 Å². The summed E-state index contributed by atoms with van der Waals surface area (Å²) >= 11 is 0. The summed E-state index contributed by atoms with van der Waals surface area (Å²) in [6, 6.07) is 7.60. The maximum absolute atomic E-state index is 10.3. The summed E-state index contributed by atoms with van der Waals surface area (Å²) in [4.78, 5) is 10.3. The van der Waals surface area contributed by atoms with Gasteiger partial charge in [-0.25, -0.2) is 0 Å². The van der Waals surface area contributed by atoms with Crippen molar-refractivity contribution >= 4 is 12.1 Å². The number of carbonyl (C=O) groups is 1. The van der Waals surface area contributed by atoms with Crippen molar-refractivity contribution < 1.29 is 10.9 Å². The van der Waals surface area contributed by atoms with Crippen LogP contribution in [-0.4, -0.2) is 12.0 Å². The van der Waals surface area contributed by atoms with Gasteiger partial charge in [-0.1, -0.05) is 12.1 Å². The zero-order valence-corrected chi connectivity index (χ0v) is 9.33. The SMILES string of the molecule is [2H]C(=O)OCc1ccc(NC(C)(C)C)cc1. The predicted octanol–water partition coefficient (Wildman–Crippen LogP) is 2.57. The molecule has 0 aromatic heterocycles. The summed E-state index contributed by atoms with van der Waals surface area (Å²) in [7, 11) is 0.